The first-order valence-electron chi connectivity index (χ1n) is 8.73. The Morgan fingerprint density at radius 2 is 1.78 bits per heavy atom. The summed E-state index contributed by atoms with van der Waals surface area (Å²) in [5.74, 6) is 0.217. The Kier molecular flexibility index (Phi) is 4.59. The van der Waals surface area contributed by atoms with Gasteiger partial charge in [0.05, 0.1) is 5.92 Å². The lowest BCUT2D eigenvalue weighted by molar-refractivity contribution is -0.117. The van der Waals surface area contributed by atoms with E-state index in [1.54, 1.807) is 0 Å². The first-order chi connectivity index (χ1) is 13.1. The van der Waals surface area contributed by atoms with Crippen LogP contribution in [0.15, 0.2) is 81.9 Å². The zero-order valence-corrected chi connectivity index (χ0v) is 16.1. The van der Waals surface area contributed by atoms with E-state index in [0.29, 0.717) is 24.2 Å². The highest BCUT2D eigenvalue weighted by molar-refractivity contribution is 9.10. The predicted molar refractivity (Wildman–Crippen MR) is 105 cm³/mol. The highest BCUT2D eigenvalue weighted by Crippen LogP contribution is 2.47. The van der Waals surface area contributed by atoms with Gasteiger partial charge in [-0.15, -0.1) is 0 Å². The quantitative estimate of drug-likeness (QED) is 0.766. The molecule has 5 heteroatoms. The maximum atomic E-state index is 13.1. The standard InChI is InChI=1S/C22H17BrN2O2/c23-17-9-5-4-8-15(17)20-16(12-24)22(25)27-19-11-14(10-18(26)21(19)20)13-6-2-1-3-7-13/h1-9,14,20H,10-11,25H2/t14-,20-/m0/s1. The molecule has 0 spiro atoms. The number of halogens is 1. The van der Waals surface area contributed by atoms with Gasteiger partial charge in [-0.2, -0.15) is 5.26 Å². The van der Waals surface area contributed by atoms with Crippen molar-refractivity contribution in [2.75, 3.05) is 0 Å². The van der Waals surface area contributed by atoms with Crippen LogP contribution < -0.4 is 5.73 Å². The van der Waals surface area contributed by atoms with Crippen molar-refractivity contribution in [3.8, 4) is 6.07 Å². The summed E-state index contributed by atoms with van der Waals surface area (Å²) in [7, 11) is 0. The van der Waals surface area contributed by atoms with E-state index < -0.39 is 5.92 Å². The summed E-state index contributed by atoms with van der Waals surface area (Å²) in [5.41, 5.74) is 8.87. The van der Waals surface area contributed by atoms with Crippen LogP contribution in [0, 0.1) is 11.3 Å². The van der Waals surface area contributed by atoms with Crippen LogP contribution in [0.5, 0.6) is 0 Å². The van der Waals surface area contributed by atoms with Crippen molar-refractivity contribution in [2.24, 2.45) is 5.73 Å². The topological polar surface area (TPSA) is 76.1 Å². The summed E-state index contributed by atoms with van der Waals surface area (Å²) in [6.45, 7) is 0. The number of nitrogens with zero attached hydrogens (tertiary/aromatic N) is 1. The van der Waals surface area contributed by atoms with Crippen molar-refractivity contribution in [1.29, 1.82) is 5.26 Å². The van der Waals surface area contributed by atoms with Crippen molar-refractivity contribution in [3.63, 3.8) is 0 Å². The average Bonchev–Trinajstić information content (AvgIpc) is 2.68. The monoisotopic (exact) mass is 420 g/mol. The van der Waals surface area contributed by atoms with E-state index >= 15 is 0 Å². The van der Waals surface area contributed by atoms with Crippen LogP contribution in [-0.2, 0) is 9.53 Å². The van der Waals surface area contributed by atoms with E-state index in [1.807, 2.05) is 54.6 Å². The van der Waals surface area contributed by atoms with Crippen LogP contribution in [0.3, 0.4) is 0 Å². The summed E-state index contributed by atoms with van der Waals surface area (Å²) >= 11 is 3.55. The maximum Gasteiger partial charge on any atom is 0.205 e. The molecule has 1 aliphatic carbocycles. The Morgan fingerprint density at radius 1 is 1.07 bits per heavy atom. The van der Waals surface area contributed by atoms with Gasteiger partial charge in [-0.25, -0.2) is 0 Å². The summed E-state index contributed by atoms with van der Waals surface area (Å²) in [4.78, 5) is 13.1. The summed E-state index contributed by atoms with van der Waals surface area (Å²) in [5, 5.41) is 9.67. The van der Waals surface area contributed by atoms with Crippen LogP contribution in [0.4, 0.5) is 0 Å². The van der Waals surface area contributed by atoms with Crippen molar-refractivity contribution >= 4 is 21.7 Å². The molecule has 1 aliphatic heterocycles. The molecule has 0 saturated carbocycles. The van der Waals surface area contributed by atoms with Crippen molar-refractivity contribution in [2.45, 2.75) is 24.7 Å². The summed E-state index contributed by atoms with van der Waals surface area (Å²) < 4.78 is 6.62. The second kappa shape index (κ2) is 7.05. The Bertz CT molecular complexity index is 1020. The zero-order chi connectivity index (χ0) is 19.0. The Labute approximate surface area is 166 Å². The van der Waals surface area contributed by atoms with E-state index in [-0.39, 0.29) is 23.2 Å². The number of nitriles is 1. The molecule has 4 nitrogen and oxygen atoms in total. The van der Waals surface area contributed by atoms with Crippen LogP contribution in [0.2, 0.25) is 0 Å². The van der Waals surface area contributed by atoms with Gasteiger partial charge >= 0.3 is 0 Å². The Balaban J connectivity index is 1.82. The lowest BCUT2D eigenvalue weighted by atomic mass is 9.73. The van der Waals surface area contributed by atoms with Gasteiger partial charge in [-0.1, -0.05) is 64.5 Å². The van der Waals surface area contributed by atoms with Gasteiger partial charge in [0.1, 0.15) is 17.4 Å². The predicted octanol–water partition coefficient (Wildman–Crippen LogP) is 4.66. The number of rotatable bonds is 2. The van der Waals surface area contributed by atoms with Gasteiger partial charge < -0.3 is 10.5 Å². The van der Waals surface area contributed by atoms with E-state index in [2.05, 4.69) is 22.0 Å². The van der Waals surface area contributed by atoms with E-state index in [1.165, 1.54) is 0 Å². The molecular formula is C22H17BrN2O2. The van der Waals surface area contributed by atoms with E-state index in [0.717, 1.165) is 15.6 Å². The molecule has 0 saturated heterocycles. The molecule has 134 valence electrons. The molecule has 4 rings (SSSR count). The molecule has 0 radical (unpaired) electrons. The number of hydrogen-bond donors (Lipinski definition) is 1. The molecule has 0 amide bonds. The molecule has 2 aromatic rings. The number of nitrogens with two attached hydrogens (primary N) is 1. The van der Waals surface area contributed by atoms with Gasteiger partial charge in [-0.3, -0.25) is 4.79 Å². The molecule has 0 bridgehead atoms. The third-order valence-electron chi connectivity index (χ3n) is 5.15. The molecule has 0 fully saturated rings. The number of ketones is 1. The second-order valence-corrected chi connectivity index (χ2v) is 7.58. The van der Waals surface area contributed by atoms with E-state index in [4.69, 9.17) is 10.5 Å². The smallest absolute Gasteiger partial charge is 0.205 e. The fourth-order valence-electron chi connectivity index (χ4n) is 3.89. The molecular weight excluding hydrogens is 404 g/mol. The first-order valence-corrected chi connectivity index (χ1v) is 9.52. The fourth-order valence-corrected chi connectivity index (χ4v) is 4.40. The van der Waals surface area contributed by atoms with Gasteiger partial charge in [0.2, 0.25) is 5.88 Å². The SMILES string of the molecule is N#CC1=C(N)OC2=C(C(=O)C[C@H](c3ccccc3)C2)[C@H]1c1ccccc1Br. The number of allylic oxidation sites excluding steroid dienone is 3. The largest absolute Gasteiger partial charge is 0.444 e. The molecule has 0 aromatic heterocycles. The maximum absolute atomic E-state index is 13.1. The fraction of sp³-hybridized carbons (Fsp3) is 0.182. The number of ether oxygens (including phenoxy) is 1. The van der Waals surface area contributed by atoms with Crippen LogP contribution in [0.25, 0.3) is 0 Å². The normalized spacial score (nSPS) is 22.1. The molecule has 0 unspecified atom stereocenters. The van der Waals surface area contributed by atoms with Crippen molar-refractivity contribution in [1.82, 2.24) is 0 Å². The molecule has 27 heavy (non-hydrogen) atoms. The highest BCUT2D eigenvalue weighted by Gasteiger charge is 2.41. The van der Waals surface area contributed by atoms with E-state index in [9.17, 15) is 10.1 Å². The van der Waals surface area contributed by atoms with Crippen molar-refractivity contribution in [3.05, 3.63) is 93.0 Å². The van der Waals surface area contributed by atoms with Gasteiger partial charge in [0.25, 0.3) is 0 Å². The number of hydrogen-bond acceptors (Lipinski definition) is 4. The first kappa shape index (κ1) is 17.6. The van der Waals surface area contributed by atoms with Crippen LogP contribution in [0.1, 0.15) is 35.8 Å². The lowest BCUT2D eigenvalue weighted by Crippen LogP contribution is -2.30. The molecule has 2 atom stereocenters. The van der Waals surface area contributed by atoms with Gasteiger partial charge in [0.15, 0.2) is 5.78 Å². The number of Topliss-reactive ketones (excluding diaryl/α,β-unsaturated/α-hetero) is 1. The third-order valence-corrected chi connectivity index (χ3v) is 5.87. The molecule has 2 N–H and O–H groups in total. The molecule has 1 heterocycles. The third kappa shape index (κ3) is 3.07. The minimum atomic E-state index is -0.501. The number of benzene rings is 2. The summed E-state index contributed by atoms with van der Waals surface area (Å²) in [6.07, 6.45) is 0.983. The Morgan fingerprint density at radius 3 is 2.48 bits per heavy atom. The minimum Gasteiger partial charge on any atom is -0.444 e. The lowest BCUT2D eigenvalue weighted by Gasteiger charge is -2.34. The van der Waals surface area contributed by atoms with Gasteiger partial charge in [-0.05, 0) is 23.1 Å². The zero-order valence-electron chi connectivity index (χ0n) is 14.5. The second-order valence-electron chi connectivity index (χ2n) is 6.72. The van der Waals surface area contributed by atoms with Gasteiger partial charge in [0, 0.05) is 22.9 Å². The number of carbonyl (C=O) groups excluding carboxylic acids is 1. The average molecular weight is 421 g/mol. The minimum absolute atomic E-state index is 0.00565. The highest BCUT2D eigenvalue weighted by atomic mass is 79.9. The van der Waals surface area contributed by atoms with Crippen molar-refractivity contribution < 1.29 is 9.53 Å². The molecule has 2 aliphatic rings. The number of carbonyl (C=O) groups is 1. The molecule has 2 aromatic carbocycles. The van der Waals surface area contributed by atoms with Crippen LogP contribution in [-0.4, -0.2) is 5.78 Å². The van der Waals surface area contributed by atoms with Crippen LogP contribution >= 0.6 is 15.9 Å². The Hall–Kier alpha value is -2.84. The summed E-state index contributed by atoms with van der Waals surface area (Å²) in [6, 6.07) is 19.7.